The van der Waals surface area contributed by atoms with Gasteiger partial charge in [-0.2, -0.15) is 0 Å². The lowest BCUT2D eigenvalue weighted by Crippen LogP contribution is -2.41. The van der Waals surface area contributed by atoms with Gasteiger partial charge in [-0.3, -0.25) is 4.79 Å². The minimum atomic E-state index is -1.83. The van der Waals surface area contributed by atoms with Crippen molar-refractivity contribution in [1.29, 1.82) is 0 Å². The van der Waals surface area contributed by atoms with Crippen LogP contribution in [0.15, 0.2) is 6.08 Å². The Kier molecular flexibility index (Phi) is 5.09. The van der Waals surface area contributed by atoms with E-state index in [0.717, 1.165) is 0 Å². The van der Waals surface area contributed by atoms with Gasteiger partial charge in [0.15, 0.2) is 5.60 Å². The van der Waals surface area contributed by atoms with Crippen LogP contribution in [0.1, 0.15) is 29.2 Å². The molecular weight excluding hydrogens is 286 g/mol. The summed E-state index contributed by atoms with van der Waals surface area (Å²) in [7, 11) is 2.76. The van der Waals surface area contributed by atoms with Crippen molar-refractivity contribution in [3.05, 3.63) is 28.3 Å². The first-order chi connectivity index (χ1) is 10.1. The zero-order chi connectivity index (χ0) is 17.2. The Morgan fingerprint density at radius 3 is 2.09 bits per heavy atom. The predicted octanol–water partition coefficient (Wildman–Crippen LogP) is 1.51. The number of rotatable bonds is 4. The lowest BCUT2D eigenvalue weighted by molar-refractivity contribution is -0.133. The fourth-order valence-electron chi connectivity index (χ4n) is 2.23. The van der Waals surface area contributed by atoms with Crippen molar-refractivity contribution in [2.24, 2.45) is 0 Å². The summed E-state index contributed by atoms with van der Waals surface area (Å²) in [5.41, 5.74) is -0.116. The third kappa shape index (κ3) is 3.01. The number of likely N-dealkylation sites (N-methyl/N-ethyl adjacent to an activating group) is 1. The molecular formula is C16H23NO5. The van der Waals surface area contributed by atoms with Gasteiger partial charge in [-0.1, -0.05) is 0 Å². The number of phenols is 2. The smallest absolute Gasteiger partial charge is 0.255 e. The molecule has 0 aromatic heterocycles. The fourth-order valence-corrected chi connectivity index (χ4v) is 2.23. The number of methoxy groups -OCH3 is 1. The molecule has 0 aliphatic rings. The second-order valence-corrected chi connectivity index (χ2v) is 5.39. The van der Waals surface area contributed by atoms with Crippen LogP contribution >= 0.6 is 0 Å². The van der Waals surface area contributed by atoms with Gasteiger partial charge < -0.3 is 25.4 Å². The van der Waals surface area contributed by atoms with Crippen LogP contribution in [-0.4, -0.2) is 41.0 Å². The van der Waals surface area contributed by atoms with Gasteiger partial charge in [0.05, 0.1) is 12.7 Å². The van der Waals surface area contributed by atoms with Gasteiger partial charge in [-0.15, -0.1) is 0 Å². The highest BCUT2D eigenvalue weighted by atomic mass is 16.5. The first-order valence-corrected chi connectivity index (χ1v) is 6.81. The van der Waals surface area contributed by atoms with Crippen molar-refractivity contribution in [2.45, 2.75) is 33.3 Å². The van der Waals surface area contributed by atoms with E-state index >= 15 is 0 Å². The number of ether oxygens (including phenoxy) is 1. The quantitative estimate of drug-likeness (QED) is 0.499. The lowest BCUT2D eigenvalue weighted by Gasteiger charge is -2.21. The fraction of sp³-hybridized carbons (Fsp3) is 0.438. The van der Waals surface area contributed by atoms with E-state index in [9.17, 15) is 20.1 Å². The van der Waals surface area contributed by atoms with Gasteiger partial charge in [-0.05, 0) is 44.9 Å². The van der Waals surface area contributed by atoms with E-state index in [1.54, 1.807) is 20.8 Å². The minimum absolute atomic E-state index is 0.0350. The summed E-state index contributed by atoms with van der Waals surface area (Å²) in [6, 6.07) is 0. The highest BCUT2D eigenvalue weighted by Crippen LogP contribution is 2.40. The van der Waals surface area contributed by atoms with E-state index in [1.807, 2.05) is 0 Å². The number of aromatic hydroxyl groups is 2. The Bertz CT molecular complexity index is 603. The monoisotopic (exact) mass is 309 g/mol. The highest BCUT2D eigenvalue weighted by molar-refractivity contribution is 5.89. The standard InChI is InChI=1S/C16H23NO5/c1-8-9(2)14(19)12(10(3)13(8)18)11(22-6)7-16(4,21)15(20)17-5/h7,18-19,21H,1-6H3,(H,17,20). The number of benzene rings is 1. The maximum Gasteiger partial charge on any atom is 0.255 e. The van der Waals surface area contributed by atoms with E-state index in [0.29, 0.717) is 16.7 Å². The number of carbonyl (C=O) groups is 1. The van der Waals surface area contributed by atoms with E-state index in [4.69, 9.17) is 4.74 Å². The van der Waals surface area contributed by atoms with E-state index in [1.165, 1.54) is 27.2 Å². The maximum absolute atomic E-state index is 11.7. The molecule has 1 atom stereocenters. The molecule has 6 heteroatoms. The van der Waals surface area contributed by atoms with Gasteiger partial charge in [0.1, 0.15) is 17.3 Å². The number of carbonyl (C=O) groups excluding carboxylic acids is 1. The first-order valence-electron chi connectivity index (χ1n) is 6.81. The molecule has 0 bridgehead atoms. The van der Waals surface area contributed by atoms with E-state index < -0.39 is 11.5 Å². The molecule has 0 fully saturated rings. The SMILES string of the molecule is CNC(=O)C(C)(O)C=C(OC)c1c(C)c(O)c(C)c(C)c1O. The molecule has 0 heterocycles. The minimum Gasteiger partial charge on any atom is -0.507 e. The third-order valence-corrected chi connectivity index (χ3v) is 3.81. The summed E-state index contributed by atoms with van der Waals surface area (Å²) in [6.07, 6.45) is 1.20. The predicted molar refractivity (Wildman–Crippen MR) is 83.7 cm³/mol. The maximum atomic E-state index is 11.7. The Morgan fingerprint density at radius 2 is 1.64 bits per heavy atom. The number of aliphatic hydroxyl groups is 1. The Balaban J connectivity index is 3.61. The average Bonchev–Trinajstić information content (AvgIpc) is 2.48. The summed E-state index contributed by atoms with van der Waals surface area (Å²) < 4.78 is 5.23. The average molecular weight is 309 g/mol. The summed E-state index contributed by atoms with van der Waals surface area (Å²) in [5.74, 6) is -0.546. The van der Waals surface area contributed by atoms with E-state index in [-0.39, 0.29) is 22.8 Å². The molecule has 0 aliphatic carbocycles. The summed E-state index contributed by atoms with van der Waals surface area (Å²) in [5, 5.41) is 33.1. The van der Waals surface area contributed by atoms with Crippen molar-refractivity contribution in [3.8, 4) is 11.5 Å². The van der Waals surface area contributed by atoms with Crippen molar-refractivity contribution < 1.29 is 24.9 Å². The zero-order valence-corrected chi connectivity index (χ0v) is 13.7. The summed E-state index contributed by atoms with van der Waals surface area (Å²) >= 11 is 0. The number of amides is 1. The van der Waals surface area contributed by atoms with Gasteiger partial charge in [0.2, 0.25) is 0 Å². The Morgan fingerprint density at radius 1 is 1.14 bits per heavy atom. The van der Waals surface area contributed by atoms with Crippen LogP contribution in [0.3, 0.4) is 0 Å². The summed E-state index contributed by atoms with van der Waals surface area (Å²) in [4.78, 5) is 11.7. The number of nitrogens with one attached hydrogen (secondary N) is 1. The van der Waals surface area contributed by atoms with Gasteiger partial charge in [0.25, 0.3) is 5.91 Å². The van der Waals surface area contributed by atoms with Crippen LogP contribution in [0, 0.1) is 20.8 Å². The van der Waals surface area contributed by atoms with Crippen molar-refractivity contribution in [3.63, 3.8) is 0 Å². The molecule has 1 rings (SSSR count). The van der Waals surface area contributed by atoms with Crippen molar-refractivity contribution in [1.82, 2.24) is 5.32 Å². The van der Waals surface area contributed by atoms with Gasteiger partial charge in [0, 0.05) is 12.6 Å². The Hall–Kier alpha value is -2.21. The zero-order valence-electron chi connectivity index (χ0n) is 13.7. The topological polar surface area (TPSA) is 99.0 Å². The molecule has 0 aliphatic heterocycles. The van der Waals surface area contributed by atoms with E-state index in [2.05, 4.69) is 5.32 Å². The molecule has 4 N–H and O–H groups in total. The molecule has 0 radical (unpaired) electrons. The largest absolute Gasteiger partial charge is 0.507 e. The van der Waals surface area contributed by atoms with Crippen molar-refractivity contribution >= 4 is 11.7 Å². The molecule has 122 valence electrons. The second-order valence-electron chi connectivity index (χ2n) is 5.39. The van der Waals surface area contributed by atoms with Crippen LogP contribution in [0.5, 0.6) is 11.5 Å². The molecule has 1 aromatic rings. The molecule has 1 unspecified atom stereocenters. The Labute approximate surface area is 130 Å². The number of hydrogen-bond acceptors (Lipinski definition) is 5. The molecule has 1 aromatic carbocycles. The molecule has 0 saturated heterocycles. The normalized spacial score (nSPS) is 14.4. The number of phenolic OH excluding ortho intramolecular Hbond substituents is 2. The molecule has 0 saturated carbocycles. The summed E-state index contributed by atoms with van der Waals surface area (Å²) in [6.45, 7) is 6.28. The van der Waals surface area contributed by atoms with Gasteiger partial charge in [-0.25, -0.2) is 0 Å². The second kappa shape index (κ2) is 6.27. The highest BCUT2D eigenvalue weighted by Gasteiger charge is 2.30. The molecule has 0 spiro atoms. The molecule has 6 nitrogen and oxygen atoms in total. The lowest BCUT2D eigenvalue weighted by atomic mass is 9.94. The van der Waals surface area contributed by atoms with Crippen LogP contribution in [0.2, 0.25) is 0 Å². The molecule has 22 heavy (non-hydrogen) atoms. The van der Waals surface area contributed by atoms with Crippen molar-refractivity contribution in [2.75, 3.05) is 14.2 Å². The van der Waals surface area contributed by atoms with Crippen LogP contribution < -0.4 is 5.32 Å². The first kappa shape index (κ1) is 17.8. The third-order valence-electron chi connectivity index (χ3n) is 3.81. The molecule has 1 amide bonds. The van der Waals surface area contributed by atoms with Crippen LogP contribution in [-0.2, 0) is 9.53 Å². The number of hydrogen-bond donors (Lipinski definition) is 4. The van der Waals surface area contributed by atoms with Crippen LogP contribution in [0.25, 0.3) is 5.76 Å². The van der Waals surface area contributed by atoms with Gasteiger partial charge >= 0.3 is 0 Å². The van der Waals surface area contributed by atoms with Crippen LogP contribution in [0.4, 0.5) is 0 Å².